The van der Waals surface area contributed by atoms with Crippen LogP contribution < -0.4 is 5.32 Å². The molecule has 148 valence electrons. The van der Waals surface area contributed by atoms with Gasteiger partial charge in [0.25, 0.3) is 0 Å². The summed E-state index contributed by atoms with van der Waals surface area (Å²) in [7, 11) is 0. The van der Waals surface area contributed by atoms with E-state index in [0.29, 0.717) is 13.0 Å². The number of amides is 1. The third kappa shape index (κ3) is 4.67. The van der Waals surface area contributed by atoms with Crippen molar-refractivity contribution in [2.24, 2.45) is 0 Å². The number of rotatable bonds is 5. The van der Waals surface area contributed by atoms with Crippen LogP contribution >= 0.6 is 0 Å². The lowest BCUT2D eigenvalue weighted by Gasteiger charge is -2.20. The maximum atomic E-state index is 11.9. The topological polar surface area (TPSA) is 88.8 Å². The van der Waals surface area contributed by atoms with Gasteiger partial charge in [0.1, 0.15) is 11.9 Å². The van der Waals surface area contributed by atoms with Gasteiger partial charge in [-0.05, 0) is 62.9 Å². The van der Waals surface area contributed by atoms with Crippen molar-refractivity contribution in [3.63, 3.8) is 0 Å². The lowest BCUT2D eigenvalue weighted by atomic mass is 10.0. The Morgan fingerprint density at radius 2 is 2.07 bits per heavy atom. The highest BCUT2D eigenvalue weighted by Gasteiger charge is 2.16. The van der Waals surface area contributed by atoms with Gasteiger partial charge in [-0.1, -0.05) is 12.1 Å². The van der Waals surface area contributed by atoms with E-state index in [2.05, 4.69) is 15.4 Å². The zero-order chi connectivity index (χ0) is 20.3. The molecular formula is C21H26N4O3. The second kappa shape index (κ2) is 7.98. The molecule has 0 aliphatic rings. The second-order valence-corrected chi connectivity index (χ2v) is 7.76. The highest BCUT2D eigenvalue weighted by Crippen LogP contribution is 2.25. The minimum absolute atomic E-state index is 0.0953. The van der Waals surface area contributed by atoms with E-state index in [-0.39, 0.29) is 6.61 Å². The number of carbonyl (C=O) groups is 1. The number of hydrogen-bond donors (Lipinski definition) is 2. The number of alkyl carbamates (subject to hydrolysis) is 1. The number of carbonyl (C=O) groups excluding carboxylic acids is 1. The number of aromatic nitrogens is 3. The van der Waals surface area contributed by atoms with Crippen molar-refractivity contribution in [2.45, 2.75) is 46.3 Å². The summed E-state index contributed by atoms with van der Waals surface area (Å²) in [5.74, 6) is 0. The maximum absolute atomic E-state index is 11.9. The van der Waals surface area contributed by atoms with Gasteiger partial charge in [0.2, 0.25) is 0 Å². The Balaban J connectivity index is 1.81. The first-order valence-corrected chi connectivity index (χ1v) is 9.27. The Hall–Kier alpha value is -2.93. The summed E-state index contributed by atoms with van der Waals surface area (Å²) >= 11 is 0. The average molecular weight is 382 g/mol. The van der Waals surface area contributed by atoms with Crippen LogP contribution in [0.1, 0.15) is 37.5 Å². The Morgan fingerprint density at radius 1 is 1.29 bits per heavy atom. The largest absolute Gasteiger partial charge is 0.444 e. The zero-order valence-corrected chi connectivity index (χ0v) is 16.7. The monoisotopic (exact) mass is 382 g/mol. The first-order chi connectivity index (χ1) is 13.3. The van der Waals surface area contributed by atoms with Crippen molar-refractivity contribution in [1.29, 1.82) is 0 Å². The summed E-state index contributed by atoms with van der Waals surface area (Å²) in [6.07, 6.45) is 3.58. The molecule has 0 aliphatic heterocycles. The minimum Gasteiger partial charge on any atom is -0.444 e. The number of ether oxygens (including phenoxy) is 1. The summed E-state index contributed by atoms with van der Waals surface area (Å²) in [5, 5.41) is 16.2. The molecule has 0 spiro atoms. The molecule has 0 atom stereocenters. The third-order valence-corrected chi connectivity index (χ3v) is 4.30. The van der Waals surface area contributed by atoms with Crippen LogP contribution in [0.3, 0.4) is 0 Å². The van der Waals surface area contributed by atoms with Crippen molar-refractivity contribution < 1.29 is 14.6 Å². The molecule has 3 rings (SSSR count). The van der Waals surface area contributed by atoms with E-state index in [1.165, 1.54) is 6.33 Å². The van der Waals surface area contributed by atoms with Gasteiger partial charge < -0.3 is 15.2 Å². The number of hydrogen-bond acceptors (Lipinski definition) is 5. The van der Waals surface area contributed by atoms with Crippen LogP contribution in [0, 0.1) is 6.92 Å². The third-order valence-electron chi connectivity index (χ3n) is 4.30. The van der Waals surface area contributed by atoms with Crippen LogP contribution in [0.4, 0.5) is 4.79 Å². The Kier molecular flexibility index (Phi) is 5.65. The summed E-state index contributed by atoms with van der Waals surface area (Å²) in [6.45, 7) is 8.00. The van der Waals surface area contributed by atoms with Gasteiger partial charge in [-0.15, -0.1) is 0 Å². The summed E-state index contributed by atoms with van der Waals surface area (Å²) in [6, 6.07) is 8.02. The molecule has 3 aromatic rings. The first-order valence-electron chi connectivity index (χ1n) is 9.27. The quantitative estimate of drug-likeness (QED) is 0.707. The number of nitrogens with zero attached hydrogens (tertiary/aromatic N) is 3. The Morgan fingerprint density at radius 3 is 2.75 bits per heavy atom. The van der Waals surface area contributed by atoms with Gasteiger partial charge in [-0.25, -0.2) is 14.3 Å². The van der Waals surface area contributed by atoms with Crippen molar-refractivity contribution in [3.05, 3.63) is 53.5 Å². The predicted molar refractivity (Wildman–Crippen MR) is 107 cm³/mol. The zero-order valence-electron chi connectivity index (χ0n) is 16.7. The van der Waals surface area contributed by atoms with Crippen LogP contribution in [0.15, 0.2) is 36.8 Å². The highest BCUT2D eigenvalue weighted by molar-refractivity contribution is 5.77. The Labute approximate surface area is 164 Å². The molecule has 7 nitrogen and oxygen atoms in total. The molecule has 2 heterocycles. The lowest BCUT2D eigenvalue weighted by molar-refractivity contribution is 0.0523. The summed E-state index contributed by atoms with van der Waals surface area (Å²) < 4.78 is 7.05. The van der Waals surface area contributed by atoms with E-state index in [1.807, 2.05) is 58.2 Å². The van der Waals surface area contributed by atoms with Gasteiger partial charge in [0.05, 0.1) is 11.2 Å². The van der Waals surface area contributed by atoms with E-state index in [1.54, 1.807) is 4.52 Å². The van der Waals surface area contributed by atoms with Gasteiger partial charge >= 0.3 is 6.09 Å². The number of aliphatic hydroxyl groups is 1. The summed E-state index contributed by atoms with van der Waals surface area (Å²) in [4.78, 5) is 16.3. The fourth-order valence-corrected chi connectivity index (χ4v) is 2.99. The maximum Gasteiger partial charge on any atom is 0.407 e. The molecular weight excluding hydrogens is 356 g/mol. The van der Waals surface area contributed by atoms with Gasteiger partial charge in [-0.3, -0.25) is 0 Å². The molecule has 7 heteroatoms. The second-order valence-electron chi connectivity index (χ2n) is 7.76. The SMILES string of the molecule is Cc1cc(-c2ncnn3cc(CCO)cc23)ccc1CNC(=O)OC(C)(C)C. The molecule has 0 unspecified atom stereocenters. The van der Waals surface area contributed by atoms with E-state index in [4.69, 9.17) is 9.84 Å². The standard InChI is InChI=1S/C21H26N4O3/c1-14-9-16(5-6-17(14)11-22-20(27)28-21(2,3)4)19-18-10-15(7-8-26)12-25(18)24-13-23-19/h5-6,9-10,12-13,26H,7-8,11H2,1-4H3,(H,22,27). The number of aliphatic hydroxyl groups excluding tert-OH is 1. The molecule has 2 N–H and O–H groups in total. The van der Waals surface area contributed by atoms with E-state index < -0.39 is 11.7 Å². The molecule has 2 aromatic heterocycles. The van der Waals surface area contributed by atoms with Crippen molar-refractivity contribution in [1.82, 2.24) is 19.9 Å². The van der Waals surface area contributed by atoms with Crippen molar-refractivity contribution in [2.75, 3.05) is 6.61 Å². The van der Waals surface area contributed by atoms with Gasteiger partial charge in [0.15, 0.2) is 0 Å². The van der Waals surface area contributed by atoms with E-state index >= 15 is 0 Å². The molecule has 0 saturated carbocycles. The number of aryl methyl sites for hydroxylation is 1. The molecule has 1 amide bonds. The Bertz CT molecular complexity index is 989. The van der Waals surface area contributed by atoms with E-state index in [0.717, 1.165) is 33.5 Å². The van der Waals surface area contributed by atoms with Crippen LogP contribution in [0.5, 0.6) is 0 Å². The molecule has 28 heavy (non-hydrogen) atoms. The number of fused-ring (bicyclic) bond motifs is 1. The highest BCUT2D eigenvalue weighted by atomic mass is 16.6. The normalized spacial score (nSPS) is 11.6. The van der Waals surface area contributed by atoms with Crippen LogP contribution in [-0.4, -0.2) is 38.0 Å². The number of benzene rings is 1. The first kappa shape index (κ1) is 19.8. The molecule has 0 fully saturated rings. The van der Waals surface area contributed by atoms with E-state index in [9.17, 15) is 4.79 Å². The molecule has 0 aliphatic carbocycles. The van der Waals surface area contributed by atoms with Crippen LogP contribution in [0.25, 0.3) is 16.8 Å². The molecule has 0 bridgehead atoms. The number of nitrogens with one attached hydrogen (secondary N) is 1. The average Bonchev–Trinajstić information content (AvgIpc) is 3.02. The molecule has 1 aromatic carbocycles. The minimum atomic E-state index is -0.520. The van der Waals surface area contributed by atoms with Gasteiger partial charge in [-0.2, -0.15) is 5.10 Å². The fraction of sp³-hybridized carbons (Fsp3) is 0.381. The van der Waals surface area contributed by atoms with Crippen LogP contribution in [0.2, 0.25) is 0 Å². The van der Waals surface area contributed by atoms with Gasteiger partial charge in [0, 0.05) is 24.9 Å². The fourth-order valence-electron chi connectivity index (χ4n) is 2.99. The van der Waals surface area contributed by atoms with Crippen LogP contribution in [-0.2, 0) is 17.7 Å². The molecule has 0 saturated heterocycles. The van der Waals surface area contributed by atoms with Crippen molar-refractivity contribution >= 4 is 11.6 Å². The lowest BCUT2D eigenvalue weighted by Crippen LogP contribution is -2.32. The molecule has 0 radical (unpaired) electrons. The smallest absolute Gasteiger partial charge is 0.407 e. The van der Waals surface area contributed by atoms with Crippen molar-refractivity contribution in [3.8, 4) is 11.3 Å². The predicted octanol–water partition coefficient (Wildman–Crippen LogP) is 3.26. The summed E-state index contributed by atoms with van der Waals surface area (Å²) in [5.41, 5.74) is 5.24.